The Balaban J connectivity index is 3.34. The van der Waals surface area contributed by atoms with Gasteiger partial charge in [-0.1, -0.05) is 19.3 Å². The fraction of sp³-hybridized carbons (Fsp3) is 0.800. The lowest BCUT2D eigenvalue weighted by Crippen LogP contribution is -2.28. The number of rotatable bonds is 6. The third-order valence-corrected chi connectivity index (χ3v) is 1.90. The van der Waals surface area contributed by atoms with Gasteiger partial charge in [0.05, 0.1) is 6.54 Å². The van der Waals surface area contributed by atoms with Crippen LogP contribution in [-0.4, -0.2) is 31.1 Å². The molecule has 0 aliphatic heterocycles. The van der Waals surface area contributed by atoms with Gasteiger partial charge in [-0.05, 0) is 19.9 Å². The summed E-state index contributed by atoms with van der Waals surface area (Å²) in [5, 5.41) is 0. The molecule has 0 spiro atoms. The number of hydrogen-bond donors (Lipinski definition) is 1. The molecule has 0 rings (SSSR count). The Morgan fingerprint density at radius 3 is 2.67 bits per heavy atom. The fourth-order valence-electron chi connectivity index (χ4n) is 1.14. The Labute approximate surface area is 76.1 Å². The van der Waals surface area contributed by atoms with Crippen LogP contribution in [0.4, 0.5) is 0 Å². The van der Waals surface area contributed by atoms with E-state index in [2.05, 4.69) is 17.7 Å². The molecule has 0 saturated carbocycles. The topological polar surface area (TPSA) is 29.3 Å². The van der Waals surface area contributed by atoms with Crippen molar-refractivity contribution in [3.63, 3.8) is 0 Å². The van der Waals surface area contributed by atoms with Gasteiger partial charge in [0.1, 0.15) is 0 Å². The van der Waals surface area contributed by atoms with Crippen LogP contribution < -0.4 is 5.73 Å². The molecular formula is C10H20N2. The molecule has 0 aromatic carbocycles. The van der Waals surface area contributed by atoms with Gasteiger partial charge in [0.15, 0.2) is 0 Å². The first-order chi connectivity index (χ1) is 5.70. The number of nitrogens with zero attached hydrogens (tertiary/aromatic N) is 1. The quantitative estimate of drug-likeness (QED) is 0.601. The molecule has 0 amide bonds. The molecule has 1 unspecified atom stereocenters. The molecule has 0 fully saturated rings. The van der Waals surface area contributed by atoms with E-state index in [-0.39, 0.29) is 0 Å². The number of nitrogens with two attached hydrogens (primary N) is 1. The molecule has 2 N–H and O–H groups in total. The van der Waals surface area contributed by atoms with E-state index in [1.54, 1.807) is 0 Å². The zero-order chi connectivity index (χ0) is 9.40. The first kappa shape index (κ1) is 11.5. The molecule has 2 heteroatoms. The Morgan fingerprint density at radius 1 is 1.50 bits per heavy atom. The van der Waals surface area contributed by atoms with Gasteiger partial charge in [-0.15, -0.1) is 6.42 Å². The van der Waals surface area contributed by atoms with Gasteiger partial charge in [-0.25, -0.2) is 0 Å². The normalized spacial score (nSPS) is 12.9. The second-order valence-corrected chi connectivity index (χ2v) is 3.28. The van der Waals surface area contributed by atoms with Crippen molar-refractivity contribution in [3.05, 3.63) is 0 Å². The highest BCUT2D eigenvalue weighted by molar-refractivity contribution is 4.87. The molecule has 0 aromatic rings. The van der Waals surface area contributed by atoms with Crippen LogP contribution in [0.25, 0.3) is 0 Å². The summed E-state index contributed by atoms with van der Waals surface area (Å²) in [5.74, 6) is 2.61. The van der Waals surface area contributed by atoms with Crippen molar-refractivity contribution in [3.8, 4) is 12.3 Å². The average Bonchev–Trinajstić information content (AvgIpc) is 2.02. The predicted molar refractivity (Wildman–Crippen MR) is 53.8 cm³/mol. The van der Waals surface area contributed by atoms with E-state index in [4.69, 9.17) is 12.2 Å². The van der Waals surface area contributed by atoms with Crippen LogP contribution in [0.3, 0.4) is 0 Å². The van der Waals surface area contributed by atoms with Crippen molar-refractivity contribution in [2.75, 3.05) is 20.1 Å². The maximum Gasteiger partial charge on any atom is 0.0596 e. The molecule has 0 aliphatic carbocycles. The minimum Gasteiger partial charge on any atom is -0.328 e. The molecule has 0 saturated heterocycles. The van der Waals surface area contributed by atoms with E-state index in [0.717, 1.165) is 25.9 Å². The largest absolute Gasteiger partial charge is 0.328 e. The number of hydrogen-bond acceptors (Lipinski definition) is 2. The summed E-state index contributed by atoms with van der Waals surface area (Å²) in [4.78, 5) is 2.12. The summed E-state index contributed by atoms with van der Waals surface area (Å²) < 4.78 is 0. The van der Waals surface area contributed by atoms with Crippen LogP contribution in [0.5, 0.6) is 0 Å². The molecule has 70 valence electrons. The summed E-state index contributed by atoms with van der Waals surface area (Å²) >= 11 is 0. The van der Waals surface area contributed by atoms with Crippen molar-refractivity contribution >= 4 is 0 Å². The zero-order valence-corrected chi connectivity index (χ0v) is 8.21. The molecule has 0 aliphatic rings. The zero-order valence-electron chi connectivity index (χ0n) is 8.21. The Morgan fingerprint density at radius 2 is 2.17 bits per heavy atom. The lowest BCUT2D eigenvalue weighted by molar-refractivity contribution is 0.348. The second kappa shape index (κ2) is 7.15. The van der Waals surface area contributed by atoms with Crippen molar-refractivity contribution in [2.45, 2.75) is 32.2 Å². The van der Waals surface area contributed by atoms with Crippen LogP contribution >= 0.6 is 0 Å². The first-order valence-electron chi connectivity index (χ1n) is 4.58. The SMILES string of the molecule is C#CCN(C)CCC(N)CCC. The lowest BCUT2D eigenvalue weighted by atomic mass is 10.1. The average molecular weight is 168 g/mol. The molecule has 0 heterocycles. The lowest BCUT2D eigenvalue weighted by Gasteiger charge is -2.16. The van der Waals surface area contributed by atoms with E-state index in [1.165, 1.54) is 6.42 Å². The van der Waals surface area contributed by atoms with E-state index in [0.29, 0.717) is 6.04 Å². The molecule has 0 radical (unpaired) electrons. The van der Waals surface area contributed by atoms with Gasteiger partial charge < -0.3 is 5.73 Å². The third kappa shape index (κ3) is 6.21. The van der Waals surface area contributed by atoms with Gasteiger partial charge in [-0.2, -0.15) is 0 Å². The van der Waals surface area contributed by atoms with Crippen LogP contribution in [0.1, 0.15) is 26.2 Å². The summed E-state index contributed by atoms with van der Waals surface area (Å²) in [6.45, 7) is 3.88. The van der Waals surface area contributed by atoms with E-state index in [1.807, 2.05) is 7.05 Å². The van der Waals surface area contributed by atoms with E-state index in [9.17, 15) is 0 Å². The Bertz CT molecular complexity index is 137. The van der Waals surface area contributed by atoms with Gasteiger partial charge in [-0.3, -0.25) is 4.90 Å². The Hall–Kier alpha value is -0.520. The monoisotopic (exact) mass is 168 g/mol. The standard InChI is InChI=1S/C10H20N2/c1-4-6-10(11)7-9-12(3)8-5-2/h2,10H,4,6-9,11H2,1,3H3. The number of terminal acetylenes is 1. The molecule has 0 bridgehead atoms. The van der Waals surface area contributed by atoms with E-state index < -0.39 is 0 Å². The minimum atomic E-state index is 0.343. The third-order valence-electron chi connectivity index (χ3n) is 1.90. The maximum atomic E-state index is 5.85. The van der Waals surface area contributed by atoms with Crippen LogP contribution in [-0.2, 0) is 0 Å². The predicted octanol–water partition coefficient (Wildman–Crippen LogP) is 1.07. The minimum absolute atomic E-state index is 0.343. The molecule has 2 nitrogen and oxygen atoms in total. The summed E-state index contributed by atoms with van der Waals surface area (Å²) in [6.07, 6.45) is 8.50. The second-order valence-electron chi connectivity index (χ2n) is 3.28. The van der Waals surface area contributed by atoms with Gasteiger partial charge >= 0.3 is 0 Å². The highest BCUT2D eigenvalue weighted by Gasteiger charge is 2.02. The van der Waals surface area contributed by atoms with E-state index >= 15 is 0 Å². The first-order valence-corrected chi connectivity index (χ1v) is 4.58. The summed E-state index contributed by atoms with van der Waals surface area (Å²) in [5.41, 5.74) is 5.85. The van der Waals surface area contributed by atoms with Gasteiger partial charge in [0.2, 0.25) is 0 Å². The summed E-state index contributed by atoms with van der Waals surface area (Å²) in [6, 6.07) is 0.343. The Kier molecular flexibility index (Phi) is 6.84. The fourth-order valence-corrected chi connectivity index (χ4v) is 1.14. The van der Waals surface area contributed by atoms with Crippen molar-refractivity contribution in [1.29, 1.82) is 0 Å². The molecule has 1 atom stereocenters. The van der Waals surface area contributed by atoms with Gasteiger partial charge in [0.25, 0.3) is 0 Å². The smallest absolute Gasteiger partial charge is 0.0596 e. The van der Waals surface area contributed by atoms with Gasteiger partial charge in [0, 0.05) is 12.6 Å². The highest BCUT2D eigenvalue weighted by atomic mass is 15.1. The maximum absolute atomic E-state index is 5.85. The van der Waals surface area contributed by atoms with Crippen LogP contribution in [0.2, 0.25) is 0 Å². The van der Waals surface area contributed by atoms with Crippen LogP contribution in [0.15, 0.2) is 0 Å². The van der Waals surface area contributed by atoms with Crippen molar-refractivity contribution < 1.29 is 0 Å². The highest BCUT2D eigenvalue weighted by Crippen LogP contribution is 1.98. The van der Waals surface area contributed by atoms with Crippen molar-refractivity contribution in [1.82, 2.24) is 4.90 Å². The van der Waals surface area contributed by atoms with Crippen LogP contribution in [0, 0.1) is 12.3 Å². The molecule has 12 heavy (non-hydrogen) atoms. The molecule has 0 aromatic heterocycles. The summed E-state index contributed by atoms with van der Waals surface area (Å²) in [7, 11) is 2.03. The van der Waals surface area contributed by atoms with Crippen molar-refractivity contribution in [2.24, 2.45) is 5.73 Å². The molecular weight excluding hydrogens is 148 g/mol.